The summed E-state index contributed by atoms with van der Waals surface area (Å²) in [5, 5.41) is 3.26. The minimum absolute atomic E-state index is 0.152. The Hall–Kier alpha value is -0.130. The molecule has 0 spiro atoms. The molecule has 94 valence electrons. The average molecular weight is 246 g/mol. The Morgan fingerprint density at radius 2 is 2.12 bits per heavy atom. The molecule has 0 radical (unpaired) electrons. The second kappa shape index (κ2) is 4.63. The van der Waals surface area contributed by atoms with Crippen molar-refractivity contribution in [2.45, 2.75) is 44.6 Å². The third kappa shape index (κ3) is 3.18. The maximum atomic E-state index is 12.0. The van der Waals surface area contributed by atoms with Gasteiger partial charge in [0.2, 0.25) is 10.0 Å². The highest BCUT2D eigenvalue weighted by molar-refractivity contribution is 7.89. The van der Waals surface area contributed by atoms with Crippen LogP contribution in [0.15, 0.2) is 0 Å². The van der Waals surface area contributed by atoms with Crippen molar-refractivity contribution in [2.75, 3.05) is 18.8 Å². The number of hydrogen-bond donors (Lipinski definition) is 2. The second-order valence-electron chi connectivity index (χ2n) is 5.51. The van der Waals surface area contributed by atoms with Crippen LogP contribution < -0.4 is 10.0 Å². The maximum absolute atomic E-state index is 12.0. The first-order valence-corrected chi connectivity index (χ1v) is 7.87. The van der Waals surface area contributed by atoms with Gasteiger partial charge in [-0.1, -0.05) is 0 Å². The Balaban J connectivity index is 1.86. The van der Waals surface area contributed by atoms with Crippen molar-refractivity contribution in [1.82, 2.24) is 10.0 Å². The van der Waals surface area contributed by atoms with Gasteiger partial charge in [-0.2, -0.15) is 0 Å². The molecule has 1 saturated heterocycles. The molecule has 0 aromatic carbocycles. The lowest BCUT2D eigenvalue weighted by Crippen LogP contribution is -2.52. The number of piperidine rings is 1. The van der Waals surface area contributed by atoms with E-state index >= 15 is 0 Å². The van der Waals surface area contributed by atoms with Gasteiger partial charge in [-0.15, -0.1) is 0 Å². The zero-order valence-electron chi connectivity index (χ0n) is 9.96. The van der Waals surface area contributed by atoms with Gasteiger partial charge < -0.3 is 5.32 Å². The predicted molar refractivity (Wildman–Crippen MR) is 64.8 cm³/mol. The SMILES string of the molecule is CC1(NS(=O)(=O)CC2CCCNC2)CCC1. The van der Waals surface area contributed by atoms with Crippen molar-refractivity contribution in [2.24, 2.45) is 5.92 Å². The van der Waals surface area contributed by atoms with Crippen LogP contribution in [0.25, 0.3) is 0 Å². The zero-order chi connectivity index (χ0) is 11.6. The van der Waals surface area contributed by atoms with Crippen LogP contribution in [0.1, 0.15) is 39.0 Å². The van der Waals surface area contributed by atoms with Crippen LogP contribution in [0.3, 0.4) is 0 Å². The van der Waals surface area contributed by atoms with E-state index < -0.39 is 10.0 Å². The molecule has 1 atom stereocenters. The van der Waals surface area contributed by atoms with E-state index in [1.807, 2.05) is 6.92 Å². The van der Waals surface area contributed by atoms with E-state index in [-0.39, 0.29) is 17.2 Å². The number of sulfonamides is 1. The summed E-state index contributed by atoms with van der Waals surface area (Å²) in [4.78, 5) is 0. The van der Waals surface area contributed by atoms with Crippen molar-refractivity contribution >= 4 is 10.0 Å². The minimum atomic E-state index is -3.09. The molecule has 1 unspecified atom stereocenters. The van der Waals surface area contributed by atoms with Crippen LogP contribution in [0, 0.1) is 5.92 Å². The maximum Gasteiger partial charge on any atom is 0.212 e. The van der Waals surface area contributed by atoms with E-state index in [2.05, 4.69) is 10.0 Å². The monoisotopic (exact) mass is 246 g/mol. The molecule has 4 nitrogen and oxygen atoms in total. The van der Waals surface area contributed by atoms with Crippen LogP contribution >= 0.6 is 0 Å². The Morgan fingerprint density at radius 3 is 2.62 bits per heavy atom. The topological polar surface area (TPSA) is 58.2 Å². The smallest absolute Gasteiger partial charge is 0.212 e. The number of rotatable bonds is 4. The van der Waals surface area contributed by atoms with E-state index in [4.69, 9.17) is 0 Å². The normalized spacial score (nSPS) is 29.7. The lowest BCUT2D eigenvalue weighted by Gasteiger charge is -2.39. The minimum Gasteiger partial charge on any atom is -0.316 e. The Kier molecular flexibility index (Phi) is 3.56. The summed E-state index contributed by atoms with van der Waals surface area (Å²) in [7, 11) is -3.09. The molecule has 1 aliphatic heterocycles. The average Bonchev–Trinajstić information content (AvgIpc) is 2.15. The van der Waals surface area contributed by atoms with Gasteiger partial charge in [-0.05, 0) is 58.0 Å². The van der Waals surface area contributed by atoms with Gasteiger partial charge in [-0.3, -0.25) is 0 Å². The van der Waals surface area contributed by atoms with Gasteiger partial charge in [0, 0.05) is 5.54 Å². The van der Waals surface area contributed by atoms with E-state index in [0.29, 0.717) is 0 Å². The largest absolute Gasteiger partial charge is 0.316 e. The summed E-state index contributed by atoms with van der Waals surface area (Å²) in [6.07, 6.45) is 5.23. The van der Waals surface area contributed by atoms with Gasteiger partial charge in [0.1, 0.15) is 0 Å². The molecule has 5 heteroatoms. The fourth-order valence-corrected chi connectivity index (χ4v) is 4.55. The molecule has 1 heterocycles. The molecule has 2 rings (SSSR count). The predicted octanol–water partition coefficient (Wildman–Crippen LogP) is 0.848. The summed E-state index contributed by atoms with van der Waals surface area (Å²) >= 11 is 0. The molecule has 2 fully saturated rings. The third-order valence-corrected chi connectivity index (χ3v) is 5.43. The molecule has 2 aliphatic rings. The van der Waals surface area contributed by atoms with Crippen LogP contribution in [-0.4, -0.2) is 32.8 Å². The molecule has 1 aliphatic carbocycles. The summed E-state index contributed by atoms with van der Waals surface area (Å²) in [6, 6.07) is 0. The number of hydrogen-bond acceptors (Lipinski definition) is 3. The van der Waals surface area contributed by atoms with E-state index in [9.17, 15) is 8.42 Å². The molecule has 0 aromatic heterocycles. The summed E-state index contributed by atoms with van der Waals surface area (Å²) in [5.41, 5.74) is -0.152. The third-order valence-electron chi connectivity index (χ3n) is 3.71. The van der Waals surface area contributed by atoms with Gasteiger partial charge in [0.25, 0.3) is 0 Å². The van der Waals surface area contributed by atoms with Crippen LogP contribution in [-0.2, 0) is 10.0 Å². The first-order chi connectivity index (χ1) is 7.49. The van der Waals surface area contributed by atoms with E-state index in [1.165, 1.54) is 0 Å². The lowest BCUT2D eigenvalue weighted by atomic mass is 9.80. The van der Waals surface area contributed by atoms with Crippen molar-refractivity contribution in [3.05, 3.63) is 0 Å². The zero-order valence-corrected chi connectivity index (χ0v) is 10.8. The van der Waals surface area contributed by atoms with E-state index in [0.717, 1.165) is 45.2 Å². The highest BCUT2D eigenvalue weighted by Crippen LogP contribution is 2.31. The first-order valence-electron chi connectivity index (χ1n) is 6.22. The molecule has 1 saturated carbocycles. The Labute approximate surface area is 98.2 Å². The first kappa shape index (κ1) is 12.3. The fourth-order valence-electron chi connectivity index (χ4n) is 2.60. The highest BCUT2D eigenvalue weighted by atomic mass is 32.2. The van der Waals surface area contributed by atoms with Gasteiger partial charge in [0.05, 0.1) is 5.75 Å². The molecule has 2 N–H and O–H groups in total. The van der Waals surface area contributed by atoms with Crippen LogP contribution in [0.4, 0.5) is 0 Å². The second-order valence-corrected chi connectivity index (χ2v) is 7.28. The van der Waals surface area contributed by atoms with Crippen LogP contribution in [0.2, 0.25) is 0 Å². The summed E-state index contributed by atoms with van der Waals surface area (Å²) < 4.78 is 26.8. The highest BCUT2D eigenvalue weighted by Gasteiger charge is 2.36. The molecular weight excluding hydrogens is 224 g/mol. The molecule has 0 aromatic rings. The Morgan fingerprint density at radius 1 is 1.38 bits per heavy atom. The molecule has 0 amide bonds. The summed E-state index contributed by atoms with van der Waals surface area (Å²) in [6.45, 7) is 3.88. The van der Waals surface area contributed by atoms with Gasteiger partial charge >= 0.3 is 0 Å². The number of nitrogens with one attached hydrogen (secondary N) is 2. The lowest BCUT2D eigenvalue weighted by molar-refractivity contribution is 0.247. The van der Waals surface area contributed by atoms with E-state index in [1.54, 1.807) is 0 Å². The fraction of sp³-hybridized carbons (Fsp3) is 1.00. The standard InChI is InChI=1S/C11H22N2O2S/c1-11(5-3-6-11)13-16(14,15)9-10-4-2-7-12-8-10/h10,12-13H,2-9H2,1H3. The van der Waals surface area contributed by atoms with Crippen molar-refractivity contribution in [3.8, 4) is 0 Å². The van der Waals surface area contributed by atoms with Crippen molar-refractivity contribution in [1.29, 1.82) is 0 Å². The molecular formula is C11H22N2O2S. The Bertz CT molecular complexity index is 330. The van der Waals surface area contributed by atoms with Crippen molar-refractivity contribution < 1.29 is 8.42 Å². The quantitative estimate of drug-likeness (QED) is 0.773. The summed E-state index contributed by atoms with van der Waals surface area (Å²) in [5.74, 6) is 0.574. The molecule has 0 bridgehead atoms. The molecule has 16 heavy (non-hydrogen) atoms. The van der Waals surface area contributed by atoms with Crippen molar-refractivity contribution in [3.63, 3.8) is 0 Å². The van der Waals surface area contributed by atoms with Crippen LogP contribution in [0.5, 0.6) is 0 Å². The van der Waals surface area contributed by atoms with Gasteiger partial charge in [0.15, 0.2) is 0 Å². The van der Waals surface area contributed by atoms with Gasteiger partial charge in [-0.25, -0.2) is 13.1 Å².